The second-order valence-electron chi connectivity index (χ2n) is 4.47. The minimum absolute atomic E-state index is 0.0630. The summed E-state index contributed by atoms with van der Waals surface area (Å²) < 4.78 is 88.9. The van der Waals surface area contributed by atoms with E-state index in [1.54, 1.807) is 0 Å². The first-order chi connectivity index (χ1) is 11.7. The highest BCUT2D eigenvalue weighted by atomic mass is 32.2. The maximum absolute atomic E-state index is 13.4. The third-order valence-corrected chi connectivity index (χ3v) is 3.25. The first-order valence-corrected chi connectivity index (χ1v) is 7.49. The van der Waals surface area contributed by atoms with Gasteiger partial charge >= 0.3 is 6.03 Å². The number of nitrogens with one attached hydrogen (secondary N) is 3. The fourth-order valence-electron chi connectivity index (χ4n) is 1.72. The van der Waals surface area contributed by atoms with Crippen LogP contribution in [0.3, 0.4) is 0 Å². The smallest absolute Gasteiger partial charge is 0.308 e. The summed E-state index contributed by atoms with van der Waals surface area (Å²) in [5, 5.41) is 3.60. The topological polar surface area (TPSA) is 87.3 Å². The summed E-state index contributed by atoms with van der Waals surface area (Å²) >= 11 is 0. The molecule has 0 saturated carbocycles. The molecule has 0 saturated heterocycles. The SMILES string of the molecule is O=C(Nc1ccc(N[SH](=O)=O)cc1)Nc1c(F)c(F)c(F)c(F)c1F. The van der Waals surface area contributed by atoms with Crippen LogP contribution < -0.4 is 15.4 Å². The second kappa shape index (κ2) is 7.34. The van der Waals surface area contributed by atoms with E-state index < -0.39 is 51.7 Å². The van der Waals surface area contributed by atoms with Gasteiger partial charge in [-0.15, -0.1) is 0 Å². The van der Waals surface area contributed by atoms with Gasteiger partial charge < -0.3 is 10.6 Å². The van der Waals surface area contributed by atoms with Crippen molar-refractivity contribution in [2.45, 2.75) is 0 Å². The molecule has 0 unspecified atom stereocenters. The van der Waals surface area contributed by atoms with Gasteiger partial charge in [0.1, 0.15) is 5.69 Å². The normalized spacial score (nSPS) is 10.6. The molecule has 25 heavy (non-hydrogen) atoms. The molecular formula is C13H8F5N3O3S. The van der Waals surface area contributed by atoms with Crippen molar-refractivity contribution in [3.05, 3.63) is 53.4 Å². The lowest BCUT2D eigenvalue weighted by Crippen LogP contribution is -2.22. The zero-order valence-corrected chi connectivity index (χ0v) is 12.8. The van der Waals surface area contributed by atoms with E-state index in [4.69, 9.17) is 0 Å². The molecule has 0 heterocycles. The lowest BCUT2D eigenvalue weighted by Gasteiger charge is -2.11. The van der Waals surface area contributed by atoms with Crippen LogP contribution in [0, 0.1) is 29.1 Å². The fraction of sp³-hybridized carbons (Fsp3) is 0. The molecule has 12 heteroatoms. The Hall–Kier alpha value is -2.89. The Labute approximate surface area is 138 Å². The molecule has 0 aromatic heterocycles. The molecule has 3 N–H and O–H groups in total. The first kappa shape index (κ1) is 18.4. The number of halogens is 5. The van der Waals surface area contributed by atoms with Crippen LogP contribution >= 0.6 is 0 Å². The van der Waals surface area contributed by atoms with Crippen molar-refractivity contribution in [1.82, 2.24) is 0 Å². The highest BCUT2D eigenvalue weighted by molar-refractivity contribution is 7.73. The number of urea groups is 1. The number of hydrogen-bond donors (Lipinski definition) is 4. The van der Waals surface area contributed by atoms with Crippen LogP contribution in [-0.4, -0.2) is 14.4 Å². The summed E-state index contributed by atoms with van der Waals surface area (Å²) in [7, 11) is -2.89. The van der Waals surface area contributed by atoms with Crippen molar-refractivity contribution in [2.24, 2.45) is 0 Å². The maximum Gasteiger partial charge on any atom is 0.323 e. The Bertz CT molecular complexity index is 866. The Kier molecular flexibility index (Phi) is 5.41. The standard InChI is InChI=1S/C13H8F5N3O3S/c14-7-8(15)10(17)12(11(18)9(7)16)20-13(22)19-5-1-3-6(4-2-5)21-25(23)24/h1-4,25H,(H2,19,20,22)(H,21,23,24). The van der Waals surface area contributed by atoms with E-state index in [0.29, 0.717) is 0 Å². The summed E-state index contributed by atoms with van der Waals surface area (Å²) in [5.74, 6) is -11.1. The number of carbonyl (C=O) groups excluding carboxylic acids is 1. The molecule has 0 spiro atoms. The van der Waals surface area contributed by atoms with Crippen molar-refractivity contribution < 1.29 is 35.2 Å². The molecule has 2 amide bonds. The van der Waals surface area contributed by atoms with Crippen LogP contribution in [0.1, 0.15) is 0 Å². The minimum atomic E-state index is -2.89. The quantitative estimate of drug-likeness (QED) is 0.284. The third-order valence-electron chi connectivity index (χ3n) is 2.81. The molecule has 0 radical (unpaired) electrons. The average Bonchev–Trinajstić information content (AvgIpc) is 2.56. The zero-order valence-electron chi connectivity index (χ0n) is 11.9. The van der Waals surface area contributed by atoms with E-state index >= 15 is 0 Å². The molecule has 2 rings (SSSR count). The van der Waals surface area contributed by atoms with Gasteiger partial charge in [0.05, 0.1) is 0 Å². The Morgan fingerprint density at radius 1 is 0.720 bits per heavy atom. The van der Waals surface area contributed by atoms with E-state index in [0.717, 1.165) is 0 Å². The van der Waals surface area contributed by atoms with E-state index in [9.17, 15) is 35.2 Å². The van der Waals surface area contributed by atoms with Crippen molar-refractivity contribution in [3.63, 3.8) is 0 Å². The van der Waals surface area contributed by atoms with E-state index in [2.05, 4.69) is 10.0 Å². The fourth-order valence-corrected chi connectivity index (χ4v) is 2.08. The van der Waals surface area contributed by atoms with Gasteiger partial charge in [0.15, 0.2) is 23.3 Å². The lowest BCUT2D eigenvalue weighted by atomic mass is 10.2. The van der Waals surface area contributed by atoms with Crippen LogP contribution in [0.25, 0.3) is 0 Å². The molecule has 2 aromatic carbocycles. The minimum Gasteiger partial charge on any atom is -0.308 e. The number of amides is 2. The predicted molar refractivity (Wildman–Crippen MR) is 79.3 cm³/mol. The zero-order chi connectivity index (χ0) is 18.7. The number of benzene rings is 2. The van der Waals surface area contributed by atoms with Gasteiger partial charge in [-0.2, -0.15) is 0 Å². The van der Waals surface area contributed by atoms with Gasteiger partial charge in [-0.25, -0.2) is 35.2 Å². The number of anilines is 3. The number of hydrogen-bond acceptors (Lipinski definition) is 3. The van der Waals surface area contributed by atoms with Gasteiger partial charge in [0, 0.05) is 11.4 Å². The van der Waals surface area contributed by atoms with Crippen LogP contribution in [-0.2, 0) is 10.9 Å². The van der Waals surface area contributed by atoms with Crippen LogP contribution in [0.2, 0.25) is 0 Å². The average molecular weight is 381 g/mol. The van der Waals surface area contributed by atoms with Gasteiger partial charge in [-0.05, 0) is 24.3 Å². The highest BCUT2D eigenvalue weighted by Crippen LogP contribution is 2.27. The molecule has 134 valence electrons. The number of carbonyl (C=O) groups is 1. The second-order valence-corrected chi connectivity index (χ2v) is 5.21. The summed E-state index contributed by atoms with van der Waals surface area (Å²) in [6.07, 6.45) is 0. The molecular weight excluding hydrogens is 373 g/mol. The molecule has 0 aliphatic heterocycles. The van der Waals surface area contributed by atoms with E-state index in [-0.39, 0.29) is 11.4 Å². The maximum atomic E-state index is 13.4. The molecule has 0 aliphatic carbocycles. The van der Waals surface area contributed by atoms with Crippen molar-refractivity contribution in [2.75, 3.05) is 15.4 Å². The summed E-state index contributed by atoms with van der Waals surface area (Å²) in [4.78, 5) is 11.6. The Balaban J connectivity index is 2.16. The number of rotatable bonds is 4. The van der Waals surface area contributed by atoms with E-state index in [1.807, 2.05) is 0 Å². The van der Waals surface area contributed by atoms with E-state index in [1.165, 1.54) is 29.6 Å². The van der Waals surface area contributed by atoms with Crippen LogP contribution in [0.5, 0.6) is 0 Å². The van der Waals surface area contributed by atoms with Crippen LogP contribution in [0.15, 0.2) is 24.3 Å². The molecule has 0 bridgehead atoms. The van der Waals surface area contributed by atoms with Gasteiger partial charge in [0.2, 0.25) is 16.7 Å². The Morgan fingerprint density at radius 3 is 1.64 bits per heavy atom. The summed E-state index contributed by atoms with van der Waals surface area (Å²) in [5.41, 5.74) is -1.26. The largest absolute Gasteiger partial charge is 0.323 e. The summed E-state index contributed by atoms with van der Waals surface area (Å²) in [6.45, 7) is 0. The van der Waals surface area contributed by atoms with Gasteiger partial charge in [-0.1, -0.05) is 0 Å². The third kappa shape index (κ3) is 4.15. The van der Waals surface area contributed by atoms with Crippen molar-refractivity contribution in [3.8, 4) is 0 Å². The Morgan fingerprint density at radius 2 is 1.16 bits per heavy atom. The molecule has 0 aliphatic rings. The molecule has 2 aromatic rings. The van der Waals surface area contributed by atoms with Crippen molar-refractivity contribution >= 4 is 34.0 Å². The van der Waals surface area contributed by atoms with Crippen LogP contribution in [0.4, 0.5) is 43.8 Å². The lowest BCUT2D eigenvalue weighted by molar-refractivity contribution is 0.261. The monoisotopic (exact) mass is 381 g/mol. The van der Waals surface area contributed by atoms with Crippen molar-refractivity contribution in [1.29, 1.82) is 0 Å². The van der Waals surface area contributed by atoms with Gasteiger partial charge in [0.25, 0.3) is 0 Å². The molecule has 0 fully saturated rings. The number of thiol groups is 1. The first-order valence-electron chi connectivity index (χ1n) is 6.31. The predicted octanol–water partition coefficient (Wildman–Crippen LogP) is 2.96. The van der Waals surface area contributed by atoms with Gasteiger partial charge in [-0.3, -0.25) is 4.72 Å². The molecule has 6 nitrogen and oxygen atoms in total. The molecule has 0 atom stereocenters. The highest BCUT2D eigenvalue weighted by Gasteiger charge is 2.26. The summed E-state index contributed by atoms with van der Waals surface area (Å²) in [6, 6.07) is 3.72.